The van der Waals surface area contributed by atoms with Crippen LogP contribution in [-0.4, -0.2) is 29.1 Å². The van der Waals surface area contributed by atoms with Crippen molar-refractivity contribution in [2.45, 2.75) is 44.2 Å². The second-order valence-corrected chi connectivity index (χ2v) is 5.66. The summed E-state index contributed by atoms with van der Waals surface area (Å²) in [4.78, 5) is 7.83. The number of nitrogens with zero attached hydrogens (tertiary/aromatic N) is 1. The maximum Gasteiger partial charge on any atom is 0.217 e. The molecule has 1 atom stereocenters. The summed E-state index contributed by atoms with van der Waals surface area (Å²) in [5.74, 6) is 0.423. The third kappa shape index (κ3) is 2.95. The molecule has 1 heterocycles. The van der Waals surface area contributed by atoms with Crippen molar-refractivity contribution in [1.82, 2.24) is 4.98 Å². The predicted octanol–water partition coefficient (Wildman–Crippen LogP) is 3.58. The number of ether oxygens (including phenoxy) is 1. The number of para-hydroxylation sites is 1. The average molecular weight is 286 g/mol. The Kier molecular flexibility index (Phi) is 4.25. The van der Waals surface area contributed by atoms with Crippen molar-refractivity contribution in [2.75, 3.05) is 7.11 Å². The first kappa shape index (κ1) is 14.1. The van der Waals surface area contributed by atoms with E-state index in [2.05, 4.69) is 9.98 Å². The molecule has 0 amide bonds. The lowest BCUT2D eigenvalue weighted by molar-refractivity contribution is 0.205. The summed E-state index contributed by atoms with van der Waals surface area (Å²) in [6, 6.07) is 8.22. The van der Waals surface area contributed by atoms with E-state index in [0.717, 1.165) is 29.3 Å². The molecule has 1 aliphatic carbocycles. The highest BCUT2D eigenvalue weighted by Gasteiger charge is 2.22. The average Bonchev–Trinajstić information content (AvgIpc) is 2.97. The quantitative estimate of drug-likeness (QED) is 0.669. The summed E-state index contributed by atoms with van der Waals surface area (Å²) in [5.41, 5.74) is 1.83. The van der Waals surface area contributed by atoms with E-state index in [4.69, 9.17) is 4.74 Å². The molecule has 0 aliphatic heterocycles. The van der Waals surface area contributed by atoms with Crippen molar-refractivity contribution < 1.29 is 9.84 Å². The van der Waals surface area contributed by atoms with E-state index in [1.807, 2.05) is 30.5 Å². The SMILES string of the molecule is COC(=NC1CCCCC1)[C@@H](O)c1c[nH]c2ccccc12. The molecule has 3 rings (SSSR count). The fourth-order valence-electron chi connectivity index (χ4n) is 3.08. The van der Waals surface area contributed by atoms with Gasteiger partial charge in [-0.15, -0.1) is 0 Å². The molecule has 0 unspecified atom stereocenters. The Bertz CT molecular complexity index is 627. The Morgan fingerprint density at radius 1 is 1.29 bits per heavy atom. The first-order chi connectivity index (χ1) is 10.3. The number of aliphatic hydroxyl groups excluding tert-OH is 1. The van der Waals surface area contributed by atoms with E-state index >= 15 is 0 Å². The minimum absolute atomic E-state index is 0.286. The first-order valence-corrected chi connectivity index (χ1v) is 7.65. The van der Waals surface area contributed by atoms with E-state index in [-0.39, 0.29) is 6.04 Å². The van der Waals surface area contributed by atoms with Crippen molar-refractivity contribution >= 4 is 16.8 Å². The number of hydrogen-bond acceptors (Lipinski definition) is 3. The highest BCUT2D eigenvalue weighted by molar-refractivity contribution is 5.91. The van der Waals surface area contributed by atoms with Gasteiger partial charge in [0.1, 0.15) is 0 Å². The van der Waals surface area contributed by atoms with Gasteiger partial charge in [0, 0.05) is 22.7 Å². The molecule has 21 heavy (non-hydrogen) atoms. The minimum Gasteiger partial charge on any atom is -0.482 e. The van der Waals surface area contributed by atoms with Gasteiger partial charge in [-0.25, -0.2) is 4.99 Å². The van der Waals surface area contributed by atoms with Crippen LogP contribution in [0, 0.1) is 0 Å². The third-order valence-electron chi connectivity index (χ3n) is 4.24. The van der Waals surface area contributed by atoms with Gasteiger partial charge in [-0.1, -0.05) is 37.5 Å². The third-order valence-corrected chi connectivity index (χ3v) is 4.24. The van der Waals surface area contributed by atoms with Crippen LogP contribution in [-0.2, 0) is 4.74 Å². The van der Waals surface area contributed by atoms with Gasteiger partial charge in [0.25, 0.3) is 0 Å². The number of aromatic amines is 1. The summed E-state index contributed by atoms with van der Waals surface area (Å²) in [6.45, 7) is 0. The Morgan fingerprint density at radius 2 is 2.05 bits per heavy atom. The van der Waals surface area contributed by atoms with Crippen LogP contribution in [0.4, 0.5) is 0 Å². The largest absolute Gasteiger partial charge is 0.482 e. The molecule has 112 valence electrons. The first-order valence-electron chi connectivity index (χ1n) is 7.65. The van der Waals surface area contributed by atoms with E-state index < -0.39 is 6.10 Å². The Hall–Kier alpha value is -1.81. The molecular formula is C17H22N2O2. The number of aliphatic hydroxyl groups is 1. The fraction of sp³-hybridized carbons (Fsp3) is 0.471. The van der Waals surface area contributed by atoms with Crippen LogP contribution in [0.15, 0.2) is 35.5 Å². The molecule has 0 saturated heterocycles. The number of hydrogen-bond donors (Lipinski definition) is 2. The Balaban J connectivity index is 1.87. The monoisotopic (exact) mass is 286 g/mol. The molecule has 2 aromatic rings. The van der Waals surface area contributed by atoms with Gasteiger partial charge < -0.3 is 14.8 Å². The van der Waals surface area contributed by atoms with Gasteiger partial charge in [0.2, 0.25) is 5.90 Å². The molecule has 0 bridgehead atoms. The van der Waals surface area contributed by atoms with E-state index in [1.165, 1.54) is 19.3 Å². The van der Waals surface area contributed by atoms with Gasteiger partial charge in [-0.3, -0.25) is 0 Å². The Labute approximate surface area is 124 Å². The molecule has 1 saturated carbocycles. The van der Waals surface area contributed by atoms with Gasteiger partial charge in [-0.2, -0.15) is 0 Å². The standard InChI is InChI=1S/C17H22N2O2/c1-21-17(19-12-7-3-2-4-8-12)16(20)14-11-18-15-10-6-5-9-13(14)15/h5-6,9-12,16,18,20H,2-4,7-8H2,1H3/t16-/m0/s1. The van der Waals surface area contributed by atoms with Crippen molar-refractivity contribution in [3.63, 3.8) is 0 Å². The molecule has 0 spiro atoms. The van der Waals surface area contributed by atoms with Crippen molar-refractivity contribution in [2.24, 2.45) is 4.99 Å². The lowest BCUT2D eigenvalue weighted by Crippen LogP contribution is -2.19. The molecule has 2 N–H and O–H groups in total. The molecule has 4 nitrogen and oxygen atoms in total. The second-order valence-electron chi connectivity index (χ2n) is 5.66. The van der Waals surface area contributed by atoms with Gasteiger partial charge in [0.15, 0.2) is 6.10 Å². The van der Waals surface area contributed by atoms with Crippen LogP contribution in [0.5, 0.6) is 0 Å². The molecule has 1 aromatic carbocycles. The van der Waals surface area contributed by atoms with Crippen molar-refractivity contribution in [3.05, 3.63) is 36.0 Å². The van der Waals surface area contributed by atoms with Crippen LogP contribution in [0.3, 0.4) is 0 Å². The summed E-state index contributed by atoms with van der Waals surface area (Å²) in [6.07, 6.45) is 6.93. The fourth-order valence-corrected chi connectivity index (χ4v) is 3.08. The number of aromatic nitrogens is 1. The lowest BCUT2D eigenvalue weighted by Gasteiger charge is -2.20. The molecule has 1 aromatic heterocycles. The minimum atomic E-state index is -0.812. The van der Waals surface area contributed by atoms with Crippen molar-refractivity contribution in [1.29, 1.82) is 0 Å². The van der Waals surface area contributed by atoms with Crippen LogP contribution in [0.2, 0.25) is 0 Å². The van der Waals surface area contributed by atoms with E-state index in [1.54, 1.807) is 7.11 Å². The predicted molar refractivity (Wildman–Crippen MR) is 84.6 cm³/mol. The van der Waals surface area contributed by atoms with Crippen LogP contribution < -0.4 is 0 Å². The topological polar surface area (TPSA) is 57.6 Å². The normalized spacial score (nSPS) is 18.9. The van der Waals surface area contributed by atoms with Gasteiger partial charge in [-0.05, 0) is 18.9 Å². The number of fused-ring (bicyclic) bond motifs is 1. The van der Waals surface area contributed by atoms with Crippen LogP contribution >= 0.6 is 0 Å². The molecular weight excluding hydrogens is 264 g/mol. The molecule has 0 radical (unpaired) electrons. The summed E-state index contributed by atoms with van der Waals surface area (Å²) in [5, 5.41) is 11.6. The zero-order valence-electron chi connectivity index (χ0n) is 12.4. The number of rotatable bonds is 3. The Morgan fingerprint density at radius 3 is 2.81 bits per heavy atom. The number of nitrogens with one attached hydrogen (secondary N) is 1. The van der Waals surface area contributed by atoms with E-state index in [0.29, 0.717) is 5.90 Å². The highest BCUT2D eigenvalue weighted by Crippen LogP contribution is 2.27. The number of methoxy groups -OCH3 is 1. The maximum absolute atomic E-state index is 10.6. The molecule has 1 aliphatic rings. The summed E-state index contributed by atoms with van der Waals surface area (Å²) in [7, 11) is 1.58. The number of benzene rings is 1. The maximum atomic E-state index is 10.6. The van der Waals surface area contributed by atoms with E-state index in [9.17, 15) is 5.11 Å². The summed E-state index contributed by atoms with van der Waals surface area (Å²) < 4.78 is 5.37. The number of H-pyrrole nitrogens is 1. The van der Waals surface area contributed by atoms with Gasteiger partial charge >= 0.3 is 0 Å². The zero-order chi connectivity index (χ0) is 14.7. The van der Waals surface area contributed by atoms with Crippen LogP contribution in [0.1, 0.15) is 43.8 Å². The number of aliphatic imine (C=N–C) groups is 1. The zero-order valence-corrected chi connectivity index (χ0v) is 12.4. The summed E-state index contributed by atoms with van der Waals surface area (Å²) >= 11 is 0. The second kappa shape index (κ2) is 6.31. The smallest absolute Gasteiger partial charge is 0.217 e. The van der Waals surface area contributed by atoms with Gasteiger partial charge in [0.05, 0.1) is 13.2 Å². The molecule has 1 fully saturated rings. The van der Waals surface area contributed by atoms with Crippen molar-refractivity contribution in [3.8, 4) is 0 Å². The lowest BCUT2D eigenvalue weighted by atomic mass is 9.96. The highest BCUT2D eigenvalue weighted by atomic mass is 16.5. The molecule has 4 heteroatoms. The van der Waals surface area contributed by atoms with Crippen LogP contribution in [0.25, 0.3) is 10.9 Å².